The van der Waals surface area contributed by atoms with Crippen LogP contribution in [-0.4, -0.2) is 53.4 Å². The molecule has 1 aliphatic rings. The lowest BCUT2D eigenvalue weighted by Crippen LogP contribution is -2.39. The van der Waals surface area contributed by atoms with E-state index in [1.807, 2.05) is 0 Å². The van der Waals surface area contributed by atoms with Gasteiger partial charge in [0.25, 0.3) is 5.91 Å². The van der Waals surface area contributed by atoms with Crippen LogP contribution >= 0.6 is 11.6 Å². The molecule has 0 atom stereocenters. The van der Waals surface area contributed by atoms with Crippen molar-refractivity contribution in [2.75, 3.05) is 26.7 Å². The minimum atomic E-state index is -0.397. The number of amides is 2. The van der Waals surface area contributed by atoms with E-state index >= 15 is 0 Å². The first-order valence-corrected chi connectivity index (χ1v) is 6.88. The molecular formula is C14H17ClN2O3. The SMILES string of the molecule is CN(CC(=O)N1CCCC1)C(=O)c1ccc(Cl)cc1O. The normalized spacial score (nSPS) is 14.4. The summed E-state index contributed by atoms with van der Waals surface area (Å²) >= 11 is 5.73. The summed E-state index contributed by atoms with van der Waals surface area (Å²) in [5.41, 5.74) is 0.145. The molecule has 1 heterocycles. The van der Waals surface area contributed by atoms with Crippen LogP contribution in [0, 0.1) is 0 Å². The van der Waals surface area contributed by atoms with Gasteiger partial charge in [-0.05, 0) is 31.0 Å². The third-order valence-electron chi connectivity index (χ3n) is 3.37. The lowest BCUT2D eigenvalue weighted by molar-refractivity contribution is -0.130. The van der Waals surface area contributed by atoms with Gasteiger partial charge in [0.1, 0.15) is 5.75 Å². The average Bonchev–Trinajstić information content (AvgIpc) is 2.91. The van der Waals surface area contributed by atoms with Crippen LogP contribution in [0.2, 0.25) is 5.02 Å². The number of hydrogen-bond acceptors (Lipinski definition) is 3. The van der Waals surface area contributed by atoms with E-state index in [9.17, 15) is 14.7 Å². The first-order chi connectivity index (χ1) is 9.49. The fourth-order valence-corrected chi connectivity index (χ4v) is 2.40. The Balaban J connectivity index is 2.02. The molecule has 0 radical (unpaired) electrons. The highest BCUT2D eigenvalue weighted by Crippen LogP contribution is 2.23. The number of aromatic hydroxyl groups is 1. The van der Waals surface area contributed by atoms with Gasteiger partial charge in [-0.2, -0.15) is 0 Å². The van der Waals surface area contributed by atoms with E-state index in [1.54, 1.807) is 11.9 Å². The second kappa shape index (κ2) is 6.13. The van der Waals surface area contributed by atoms with Gasteiger partial charge in [-0.3, -0.25) is 9.59 Å². The Labute approximate surface area is 122 Å². The average molecular weight is 297 g/mol. The van der Waals surface area contributed by atoms with Gasteiger partial charge >= 0.3 is 0 Å². The van der Waals surface area contributed by atoms with Crippen molar-refractivity contribution in [3.8, 4) is 5.75 Å². The van der Waals surface area contributed by atoms with Gasteiger partial charge in [0, 0.05) is 25.2 Å². The summed E-state index contributed by atoms with van der Waals surface area (Å²) in [7, 11) is 1.55. The van der Waals surface area contributed by atoms with Gasteiger partial charge in [0.2, 0.25) is 5.91 Å². The van der Waals surface area contributed by atoms with E-state index in [4.69, 9.17) is 11.6 Å². The summed E-state index contributed by atoms with van der Waals surface area (Å²) < 4.78 is 0. The van der Waals surface area contributed by atoms with E-state index < -0.39 is 5.91 Å². The van der Waals surface area contributed by atoms with Crippen LogP contribution in [0.25, 0.3) is 0 Å². The largest absolute Gasteiger partial charge is 0.507 e. The van der Waals surface area contributed by atoms with Gasteiger partial charge in [0.05, 0.1) is 12.1 Å². The highest BCUT2D eigenvalue weighted by Gasteiger charge is 2.23. The number of rotatable bonds is 3. The molecule has 6 heteroatoms. The fraction of sp³-hybridized carbons (Fsp3) is 0.429. The monoisotopic (exact) mass is 296 g/mol. The Kier molecular flexibility index (Phi) is 4.49. The number of carbonyl (C=O) groups is 2. The lowest BCUT2D eigenvalue weighted by Gasteiger charge is -2.21. The van der Waals surface area contributed by atoms with Crippen molar-refractivity contribution in [3.63, 3.8) is 0 Å². The van der Waals surface area contributed by atoms with E-state index in [1.165, 1.54) is 23.1 Å². The Hall–Kier alpha value is -1.75. The molecule has 1 N–H and O–H groups in total. The lowest BCUT2D eigenvalue weighted by atomic mass is 10.2. The van der Waals surface area contributed by atoms with Crippen molar-refractivity contribution < 1.29 is 14.7 Å². The van der Waals surface area contributed by atoms with Crippen LogP contribution < -0.4 is 0 Å². The van der Waals surface area contributed by atoms with Gasteiger partial charge < -0.3 is 14.9 Å². The molecule has 2 amide bonds. The number of carbonyl (C=O) groups excluding carboxylic acids is 2. The van der Waals surface area contributed by atoms with Crippen LogP contribution in [0.3, 0.4) is 0 Å². The number of likely N-dealkylation sites (tertiary alicyclic amines) is 1. The first kappa shape index (κ1) is 14.7. The standard InChI is InChI=1S/C14H17ClN2O3/c1-16(9-13(19)17-6-2-3-7-17)14(20)11-5-4-10(15)8-12(11)18/h4-5,8,18H,2-3,6-7,9H2,1H3. The van der Waals surface area contributed by atoms with Crippen molar-refractivity contribution in [1.29, 1.82) is 0 Å². The maximum Gasteiger partial charge on any atom is 0.257 e. The molecule has 1 aliphatic heterocycles. The molecule has 0 unspecified atom stereocenters. The van der Waals surface area contributed by atoms with Crippen LogP contribution in [-0.2, 0) is 4.79 Å². The molecular weight excluding hydrogens is 280 g/mol. The topological polar surface area (TPSA) is 60.9 Å². The summed E-state index contributed by atoms with van der Waals surface area (Å²) in [6, 6.07) is 4.30. The molecule has 1 saturated heterocycles. The summed E-state index contributed by atoms with van der Waals surface area (Å²) in [4.78, 5) is 27.2. The molecule has 0 aromatic heterocycles. The number of halogens is 1. The smallest absolute Gasteiger partial charge is 0.257 e. The molecule has 1 aromatic carbocycles. The molecule has 0 saturated carbocycles. The summed E-state index contributed by atoms with van der Waals surface area (Å²) in [6.07, 6.45) is 2.03. The Morgan fingerprint density at radius 3 is 2.60 bits per heavy atom. The summed E-state index contributed by atoms with van der Waals surface area (Å²) in [5.74, 6) is -0.638. The van der Waals surface area contributed by atoms with E-state index in [-0.39, 0.29) is 23.8 Å². The van der Waals surface area contributed by atoms with Crippen LogP contribution in [0.5, 0.6) is 5.75 Å². The maximum atomic E-state index is 12.2. The Bertz CT molecular complexity index is 527. The van der Waals surface area contributed by atoms with Gasteiger partial charge in [-0.15, -0.1) is 0 Å². The highest BCUT2D eigenvalue weighted by atomic mass is 35.5. The molecule has 1 aromatic rings. The van der Waals surface area contributed by atoms with E-state index in [2.05, 4.69) is 0 Å². The quantitative estimate of drug-likeness (QED) is 0.924. The first-order valence-electron chi connectivity index (χ1n) is 6.51. The number of benzene rings is 1. The minimum absolute atomic E-state index is 0.0148. The number of phenols is 1. The predicted molar refractivity (Wildman–Crippen MR) is 75.9 cm³/mol. The zero-order chi connectivity index (χ0) is 14.7. The number of phenolic OH excluding ortho intramolecular Hbond substituents is 1. The van der Waals surface area contributed by atoms with Crippen molar-refractivity contribution in [1.82, 2.24) is 9.80 Å². The molecule has 2 rings (SSSR count). The molecule has 20 heavy (non-hydrogen) atoms. The highest BCUT2D eigenvalue weighted by molar-refractivity contribution is 6.30. The van der Waals surface area contributed by atoms with Crippen molar-refractivity contribution in [3.05, 3.63) is 28.8 Å². The minimum Gasteiger partial charge on any atom is -0.507 e. The molecule has 0 bridgehead atoms. The zero-order valence-corrected chi connectivity index (χ0v) is 12.1. The molecule has 108 valence electrons. The number of likely N-dealkylation sites (N-methyl/N-ethyl adjacent to an activating group) is 1. The van der Waals surface area contributed by atoms with Gasteiger partial charge in [-0.25, -0.2) is 0 Å². The van der Waals surface area contributed by atoms with Gasteiger partial charge in [0.15, 0.2) is 0 Å². The molecule has 5 nitrogen and oxygen atoms in total. The second-order valence-corrected chi connectivity index (χ2v) is 5.35. The van der Waals surface area contributed by atoms with Crippen LogP contribution in [0.1, 0.15) is 23.2 Å². The zero-order valence-electron chi connectivity index (χ0n) is 11.3. The molecule has 1 fully saturated rings. The van der Waals surface area contributed by atoms with Crippen LogP contribution in [0.4, 0.5) is 0 Å². The third-order valence-corrected chi connectivity index (χ3v) is 3.60. The third kappa shape index (κ3) is 3.22. The molecule has 0 spiro atoms. The van der Waals surface area contributed by atoms with Crippen molar-refractivity contribution in [2.45, 2.75) is 12.8 Å². The summed E-state index contributed by atoms with van der Waals surface area (Å²) in [6.45, 7) is 1.53. The van der Waals surface area contributed by atoms with E-state index in [0.29, 0.717) is 5.02 Å². The Morgan fingerprint density at radius 2 is 2.00 bits per heavy atom. The predicted octanol–water partition coefficient (Wildman–Crippen LogP) is 1.74. The maximum absolute atomic E-state index is 12.2. The number of nitrogens with zero attached hydrogens (tertiary/aromatic N) is 2. The fourth-order valence-electron chi connectivity index (χ4n) is 2.23. The van der Waals surface area contributed by atoms with E-state index in [0.717, 1.165) is 25.9 Å². The van der Waals surface area contributed by atoms with Gasteiger partial charge in [-0.1, -0.05) is 11.6 Å². The van der Waals surface area contributed by atoms with Crippen LogP contribution in [0.15, 0.2) is 18.2 Å². The van der Waals surface area contributed by atoms with Crippen molar-refractivity contribution >= 4 is 23.4 Å². The Morgan fingerprint density at radius 1 is 1.35 bits per heavy atom. The molecule has 0 aliphatic carbocycles. The second-order valence-electron chi connectivity index (χ2n) is 4.91. The van der Waals surface area contributed by atoms with Crippen molar-refractivity contribution in [2.24, 2.45) is 0 Å². The summed E-state index contributed by atoms with van der Waals surface area (Å²) in [5, 5.41) is 10.1. The number of hydrogen-bond donors (Lipinski definition) is 1.